The predicted molar refractivity (Wildman–Crippen MR) is 110 cm³/mol. The highest BCUT2D eigenvalue weighted by Gasteiger charge is 2.11. The molecule has 0 saturated carbocycles. The van der Waals surface area contributed by atoms with E-state index in [-0.39, 0.29) is 28.8 Å². The summed E-state index contributed by atoms with van der Waals surface area (Å²) in [5.74, 6) is -2.55. The van der Waals surface area contributed by atoms with E-state index in [9.17, 15) is 23.1 Å². The number of halogens is 3. The quantitative estimate of drug-likeness (QED) is 0.366. The van der Waals surface area contributed by atoms with Gasteiger partial charge in [-0.3, -0.25) is 0 Å². The summed E-state index contributed by atoms with van der Waals surface area (Å²) in [6.07, 6.45) is 2.57. The predicted octanol–water partition coefficient (Wildman–Crippen LogP) is 4.18. The molecule has 0 bridgehead atoms. The van der Waals surface area contributed by atoms with Gasteiger partial charge in [0.05, 0.1) is 23.2 Å². The Morgan fingerprint density at radius 2 is 1.74 bits per heavy atom. The van der Waals surface area contributed by atoms with Gasteiger partial charge >= 0.3 is 0 Å². The Hall–Kier alpha value is -3.26. The van der Waals surface area contributed by atoms with E-state index >= 15 is 0 Å². The average molecular weight is 444 g/mol. The second-order valence-electron chi connectivity index (χ2n) is 6.40. The van der Waals surface area contributed by atoms with Crippen LogP contribution in [0.1, 0.15) is 17.0 Å². The maximum Gasteiger partial charge on any atom is 0.144 e. The van der Waals surface area contributed by atoms with Crippen LogP contribution < -0.4 is 9.84 Å². The molecule has 4 nitrogen and oxygen atoms in total. The van der Waals surface area contributed by atoms with E-state index in [2.05, 4.69) is 4.98 Å². The third-order valence-electron chi connectivity index (χ3n) is 4.17. The number of carboxylic acids is 1. The maximum absolute atomic E-state index is 13.8. The van der Waals surface area contributed by atoms with Gasteiger partial charge in [0.15, 0.2) is 0 Å². The molecule has 3 rings (SSSR count). The van der Waals surface area contributed by atoms with Crippen LogP contribution in [0.25, 0.3) is 6.08 Å². The molecule has 0 fully saturated rings. The van der Waals surface area contributed by atoms with Crippen molar-refractivity contribution >= 4 is 23.8 Å². The van der Waals surface area contributed by atoms with Crippen molar-refractivity contribution in [2.24, 2.45) is 0 Å². The zero-order valence-electron chi connectivity index (χ0n) is 16.2. The van der Waals surface area contributed by atoms with Gasteiger partial charge in [-0.1, -0.05) is 18.2 Å². The first-order chi connectivity index (χ1) is 14.9. The zero-order valence-corrected chi connectivity index (χ0v) is 17.0. The summed E-state index contributed by atoms with van der Waals surface area (Å²) in [6, 6.07) is 12.9. The number of carbonyl (C=O) groups excluding carboxylic acids is 1. The van der Waals surface area contributed by atoms with Gasteiger partial charge < -0.3 is 14.6 Å². The molecule has 0 aliphatic rings. The molecule has 160 valence electrons. The number of ether oxygens (including phenoxy) is 1. The molecule has 2 aromatic carbocycles. The molecular formula is C23H17F3NO3S-. The van der Waals surface area contributed by atoms with Gasteiger partial charge in [-0.15, -0.1) is 11.8 Å². The van der Waals surface area contributed by atoms with Crippen LogP contribution in [0.15, 0.2) is 65.6 Å². The van der Waals surface area contributed by atoms with Crippen molar-refractivity contribution in [1.82, 2.24) is 4.98 Å². The summed E-state index contributed by atoms with van der Waals surface area (Å²) in [5, 5.41) is 10.8. The van der Waals surface area contributed by atoms with Crippen molar-refractivity contribution in [3.63, 3.8) is 0 Å². The maximum atomic E-state index is 13.8. The monoisotopic (exact) mass is 444 g/mol. The zero-order chi connectivity index (χ0) is 22.2. The summed E-state index contributed by atoms with van der Waals surface area (Å²) >= 11 is 0.945. The van der Waals surface area contributed by atoms with Crippen molar-refractivity contribution in [3.05, 3.63) is 95.1 Å². The summed E-state index contributed by atoms with van der Waals surface area (Å²) in [7, 11) is 0. The standard InChI is InChI=1S/C23H18F3NO3S/c24-16-6-4-15(5-7-16)12-13-30-21-10-8-17(27-20(21)9-11-22(28)29)14-31-23-18(25)2-1-3-19(23)26/h1-11H,12-14H2,(H,28,29)/p-1/b11-9+. The van der Waals surface area contributed by atoms with Crippen LogP contribution in [-0.4, -0.2) is 17.6 Å². The van der Waals surface area contributed by atoms with Crippen LogP contribution in [0.2, 0.25) is 0 Å². The smallest absolute Gasteiger partial charge is 0.144 e. The van der Waals surface area contributed by atoms with E-state index in [1.165, 1.54) is 36.4 Å². The van der Waals surface area contributed by atoms with Crippen molar-refractivity contribution in [2.45, 2.75) is 17.1 Å². The Bertz CT molecular complexity index is 1070. The molecule has 8 heteroatoms. The van der Waals surface area contributed by atoms with Crippen LogP contribution in [0.3, 0.4) is 0 Å². The molecule has 3 aromatic rings. The molecule has 0 amide bonds. The highest BCUT2D eigenvalue weighted by molar-refractivity contribution is 7.98. The molecule has 0 spiro atoms. The summed E-state index contributed by atoms with van der Waals surface area (Å²) in [4.78, 5) is 15.0. The summed E-state index contributed by atoms with van der Waals surface area (Å²) in [5.41, 5.74) is 1.60. The number of carbonyl (C=O) groups is 1. The third kappa shape index (κ3) is 6.62. The number of aliphatic carboxylic acids is 1. The topological polar surface area (TPSA) is 62.2 Å². The van der Waals surface area contributed by atoms with Crippen molar-refractivity contribution < 1.29 is 27.8 Å². The Labute approximate surface area is 181 Å². The first kappa shape index (κ1) is 22.4. The van der Waals surface area contributed by atoms with Gasteiger partial charge in [-0.25, -0.2) is 18.2 Å². The van der Waals surface area contributed by atoms with E-state index < -0.39 is 17.6 Å². The summed E-state index contributed by atoms with van der Waals surface area (Å²) < 4.78 is 46.3. The number of pyridine rings is 1. The molecule has 1 aromatic heterocycles. The number of aromatic nitrogens is 1. The lowest BCUT2D eigenvalue weighted by atomic mass is 10.1. The van der Waals surface area contributed by atoms with Gasteiger partial charge in [-0.2, -0.15) is 0 Å². The lowest BCUT2D eigenvalue weighted by molar-refractivity contribution is -0.297. The fourth-order valence-corrected chi connectivity index (χ4v) is 3.53. The molecule has 0 aliphatic heterocycles. The molecule has 31 heavy (non-hydrogen) atoms. The van der Waals surface area contributed by atoms with Gasteiger partial charge in [0.2, 0.25) is 0 Å². The highest BCUT2D eigenvalue weighted by atomic mass is 32.2. The highest BCUT2D eigenvalue weighted by Crippen LogP contribution is 2.29. The number of thioether (sulfide) groups is 1. The fraction of sp³-hybridized carbons (Fsp3) is 0.130. The normalized spacial score (nSPS) is 11.1. The Balaban J connectivity index is 1.71. The molecule has 1 heterocycles. The number of carboxylic acid groups (broad SMARTS) is 1. The molecule has 0 atom stereocenters. The minimum Gasteiger partial charge on any atom is -0.545 e. The van der Waals surface area contributed by atoms with Crippen LogP contribution in [-0.2, 0) is 17.0 Å². The third-order valence-corrected chi connectivity index (χ3v) is 5.28. The minimum atomic E-state index is -1.40. The minimum absolute atomic E-state index is 0.115. The molecule has 0 aliphatic carbocycles. The van der Waals surface area contributed by atoms with Crippen LogP contribution in [0.5, 0.6) is 5.75 Å². The average Bonchev–Trinajstić information content (AvgIpc) is 2.74. The lowest BCUT2D eigenvalue weighted by Gasteiger charge is -2.11. The number of rotatable bonds is 9. The second kappa shape index (κ2) is 10.7. The lowest BCUT2D eigenvalue weighted by Crippen LogP contribution is -2.18. The van der Waals surface area contributed by atoms with Crippen molar-refractivity contribution in [3.8, 4) is 5.75 Å². The largest absolute Gasteiger partial charge is 0.545 e. The van der Waals surface area contributed by atoms with Gasteiger partial charge in [-0.05, 0) is 54.1 Å². The van der Waals surface area contributed by atoms with E-state index in [1.807, 2.05) is 0 Å². The molecular weight excluding hydrogens is 427 g/mol. The Morgan fingerprint density at radius 1 is 1.03 bits per heavy atom. The van der Waals surface area contributed by atoms with Crippen molar-refractivity contribution in [1.29, 1.82) is 0 Å². The van der Waals surface area contributed by atoms with Crippen LogP contribution >= 0.6 is 11.8 Å². The molecule has 0 radical (unpaired) electrons. The van der Waals surface area contributed by atoms with Gasteiger partial charge in [0.25, 0.3) is 0 Å². The van der Waals surface area contributed by atoms with E-state index in [0.717, 1.165) is 23.4 Å². The van der Waals surface area contributed by atoms with Gasteiger partial charge in [0.1, 0.15) is 28.9 Å². The molecule has 0 unspecified atom stereocenters. The van der Waals surface area contributed by atoms with E-state index in [4.69, 9.17) is 4.74 Å². The number of hydrogen-bond donors (Lipinski definition) is 0. The second-order valence-corrected chi connectivity index (χ2v) is 7.39. The molecule has 0 N–H and O–H groups in total. The fourth-order valence-electron chi connectivity index (χ4n) is 2.67. The SMILES string of the molecule is O=C([O-])/C=C/c1nc(CSc2c(F)cccc2F)ccc1OCCc1ccc(F)cc1. The van der Waals surface area contributed by atoms with Gasteiger partial charge in [0, 0.05) is 12.2 Å². The first-order valence-corrected chi connectivity index (χ1v) is 10.2. The Morgan fingerprint density at radius 3 is 2.42 bits per heavy atom. The Kier molecular flexibility index (Phi) is 7.72. The van der Waals surface area contributed by atoms with E-state index in [1.54, 1.807) is 24.3 Å². The first-order valence-electron chi connectivity index (χ1n) is 9.25. The number of hydrogen-bond acceptors (Lipinski definition) is 5. The van der Waals surface area contributed by atoms with Crippen LogP contribution in [0.4, 0.5) is 13.2 Å². The number of benzene rings is 2. The summed E-state index contributed by atoms with van der Waals surface area (Å²) in [6.45, 7) is 0.258. The molecule has 0 saturated heterocycles. The van der Waals surface area contributed by atoms with Crippen LogP contribution in [0, 0.1) is 17.5 Å². The van der Waals surface area contributed by atoms with E-state index in [0.29, 0.717) is 17.9 Å². The number of nitrogens with zero attached hydrogens (tertiary/aromatic N) is 1. The van der Waals surface area contributed by atoms with Crippen molar-refractivity contribution in [2.75, 3.05) is 6.61 Å².